The van der Waals surface area contributed by atoms with Gasteiger partial charge in [-0.15, -0.1) is 0 Å². The molecule has 0 radical (unpaired) electrons. The molecule has 0 aromatic heterocycles. The summed E-state index contributed by atoms with van der Waals surface area (Å²) >= 11 is 0. The second-order valence-electron chi connectivity index (χ2n) is 2.78. The Morgan fingerprint density at radius 2 is 2.20 bits per heavy atom. The number of hydrogen-bond donors (Lipinski definition) is 1. The van der Waals surface area contributed by atoms with E-state index < -0.39 is 9.84 Å². The molecule has 1 fully saturated rings. The van der Waals surface area contributed by atoms with Crippen LogP contribution in [0.3, 0.4) is 0 Å². The summed E-state index contributed by atoms with van der Waals surface area (Å²) in [5.74, 6) is 0.820. The molecule has 1 atom stereocenters. The fourth-order valence-corrected chi connectivity index (χ4v) is 3.19. The molecule has 0 aliphatic carbocycles. The predicted octanol–water partition coefficient (Wildman–Crippen LogP) is -0.197. The molecule has 0 saturated carbocycles. The molecule has 10 heavy (non-hydrogen) atoms. The average molecular weight is 164 g/mol. The van der Waals surface area contributed by atoms with Crippen molar-refractivity contribution in [1.82, 2.24) is 0 Å². The minimum atomic E-state index is -2.73. The molecule has 60 valence electrons. The molecule has 0 unspecified atom stereocenters. The molecule has 1 aliphatic rings. The van der Waals surface area contributed by atoms with Crippen molar-refractivity contribution in [3.8, 4) is 0 Å². The van der Waals surface area contributed by atoms with Gasteiger partial charge in [0.1, 0.15) is 0 Å². The zero-order chi connectivity index (χ0) is 7.61. The molecule has 1 N–H and O–H groups in total. The number of rotatable bonds is 2. The topological polar surface area (TPSA) is 54.4 Å². The summed E-state index contributed by atoms with van der Waals surface area (Å²) in [6, 6.07) is 0. The van der Waals surface area contributed by atoms with Crippen LogP contribution in [0.1, 0.15) is 12.8 Å². The van der Waals surface area contributed by atoms with Crippen LogP contribution in [0, 0.1) is 5.92 Å². The highest BCUT2D eigenvalue weighted by Gasteiger charge is 2.26. The largest absolute Gasteiger partial charge is 0.396 e. The Kier molecular flexibility index (Phi) is 2.31. The number of sulfone groups is 1. The molecular weight excluding hydrogens is 152 g/mol. The van der Waals surface area contributed by atoms with Crippen molar-refractivity contribution in [1.29, 1.82) is 0 Å². The first-order valence-corrected chi connectivity index (χ1v) is 5.27. The minimum Gasteiger partial charge on any atom is -0.396 e. The molecule has 1 heterocycles. The Morgan fingerprint density at radius 1 is 1.50 bits per heavy atom. The van der Waals surface area contributed by atoms with Crippen LogP contribution in [0.2, 0.25) is 0 Å². The lowest BCUT2D eigenvalue weighted by Crippen LogP contribution is -2.05. The van der Waals surface area contributed by atoms with Crippen LogP contribution < -0.4 is 0 Å². The SMILES string of the molecule is O=S1(=O)CC[C@@H](CCO)C1. The van der Waals surface area contributed by atoms with E-state index in [9.17, 15) is 8.42 Å². The van der Waals surface area contributed by atoms with Gasteiger partial charge in [-0.1, -0.05) is 0 Å². The maximum Gasteiger partial charge on any atom is 0.150 e. The van der Waals surface area contributed by atoms with E-state index in [0.717, 1.165) is 6.42 Å². The van der Waals surface area contributed by atoms with E-state index in [4.69, 9.17) is 5.11 Å². The Labute approximate surface area is 61.0 Å². The number of hydrogen-bond acceptors (Lipinski definition) is 3. The Hall–Kier alpha value is -0.0900. The zero-order valence-corrected chi connectivity index (χ0v) is 6.60. The first kappa shape index (κ1) is 8.01. The van der Waals surface area contributed by atoms with Crippen molar-refractivity contribution in [2.45, 2.75) is 12.8 Å². The molecule has 3 nitrogen and oxygen atoms in total. The lowest BCUT2D eigenvalue weighted by atomic mass is 10.1. The third-order valence-electron chi connectivity index (χ3n) is 1.86. The summed E-state index contributed by atoms with van der Waals surface area (Å²) in [4.78, 5) is 0. The quantitative estimate of drug-likeness (QED) is 0.615. The number of aliphatic hydroxyl groups excluding tert-OH is 1. The van der Waals surface area contributed by atoms with Crippen LogP contribution >= 0.6 is 0 Å². The van der Waals surface area contributed by atoms with Crippen molar-refractivity contribution in [2.24, 2.45) is 5.92 Å². The third-order valence-corrected chi connectivity index (χ3v) is 3.70. The van der Waals surface area contributed by atoms with Crippen molar-refractivity contribution in [3.05, 3.63) is 0 Å². The highest BCUT2D eigenvalue weighted by Crippen LogP contribution is 2.20. The van der Waals surface area contributed by atoms with Gasteiger partial charge in [0.2, 0.25) is 0 Å². The van der Waals surface area contributed by atoms with Gasteiger partial charge in [0, 0.05) is 6.61 Å². The molecule has 0 aromatic rings. The highest BCUT2D eigenvalue weighted by atomic mass is 32.2. The van der Waals surface area contributed by atoms with Crippen molar-refractivity contribution < 1.29 is 13.5 Å². The minimum absolute atomic E-state index is 0.111. The fraction of sp³-hybridized carbons (Fsp3) is 1.00. The van der Waals surface area contributed by atoms with Gasteiger partial charge in [-0.3, -0.25) is 0 Å². The van der Waals surface area contributed by atoms with E-state index in [1.807, 2.05) is 0 Å². The fourth-order valence-electron chi connectivity index (χ4n) is 1.28. The van der Waals surface area contributed by atoms with E-state index in [1.165, 1.54) is 0 Å². The Morgan fingerprint density at radius 3 is 2.60 bits per heavy atom. The normalized spacial score (nSPS) is 30.7. The van der Waals surface area contributed by atoms with Crippen molar-refractivity contribution in [3.63, 3.8) is 0 Å². The highest BCUT2D eigenvalue weighted by molar-refractivity contribution is 7.91. The van der Waals surface area contributed by atoms with Crippen LogP contribution in [-0.4, -0.2) is 31.6 Å². The number of aliphatic hydroxyl groups is 1. The Bertz CT molecular complexity index is 195. The molecule has 1 rings (SSSR count). The average Bonchev–Trinajstić information content (AvgIpc) is 2.12. The van der Waals surface area contributed by atoms with E-state index in [0.29, 0.717) is 12.2 Å². The van der Waals surface area contributed by atoms with E-state index in [-0.39, 0.29) is 18.3 Å². The summed E-state index contributed by atoms with van der Waals surface area (Å²) in [5, 5.41) is 8.50. The van der Waals surface area contributed by atoms with Gasteiger partial charge >= 0.3 is 0 Å². The van der Waals surface area contributed by atoms with Gasteiger partial charge in [-0.05, 0) is 18.8 Å². The van der Waals surface area contributed by atoms with Crippen molar-refractivity contribution in [2.75, 3.05) is 18.1 Å². The summed E-state index contributed by atoms with van der Waals surface area (Å²) < 4.78 is 21.7. The Balaban J connectivity index is 2.44. The second kappa shape index (κ2) is 2.88. The molecule has 1 aliphatic heterocycles. The van der Waals surface area contributed by atoms with E-state index in [1.54, 1.807) is 0 Å². The van der Waals surface area contributed by atoms with Gasteiger partial charge in [-0.25, -0.2) is 8.42 Å². The van der Waals surface area contributed by atoms with Crippen LogP contribution in [0.15, 0.2) is 0 Å². The molecule has 4 heteroatoms. The maximum atomic E-state index is 10.8. The van der Waals surface area contributed by atoms with Crippen LogP contribution in [0.5, 0.6) is 0 Å². The van der Waals surface area contributed by atoms with Gasteiger partial charge in [0.15, 0.2) is 9.84 Å². The van der Waals surface area contributed by atoms with Gasteiger partial charge < -0.3 is 5.11 Å². The molecular formula is C6H12O3S. The van der Waals surface area contributed by atoms with Crippen LogP contribution in [0.25, 0.3) is 0 Å². The summed E-state index contributed by atoms with van der Waals surface area (Å²) in [7, 11) is -2.73. The lowest BCUT2D eigenvalue weighted by molar-refractivity contribution is 0.264. The molecule has 0 amide bonds. The standard InChI is InChI=1S/C6H12O3S/c7-3-1-6-2-4-10(8,9)5-6/h6-7H,1-5H2/t6-/m1/s1. The van der Waals surface area contributed by atoms with Crippen molar-refractivity contribution >= 4 is 9.84 Å². The smallest absolute Gasteiger partial charge is 0.150 e. The molecule has 0 bridgehead atoms. The maximum absolute atomic E-state index is 10.8. The first-order valence-electron chi connectivity index (χ1n) is 3.45. The van der Waals surface area contributed by atoms with Gasteiger partial charge in [0.05, 0.1) is 11.5 Å². The summed E-state index contributed by atoms with van der Waals surface area (Å²) in [5.41, 5.74) is 0. The summed E-state index contributed by atoms with van der Waals surface area (Å²) in [6.45, 7) is 0.111. The second-order valence-corrected chi connectivity index (χ2v) is 5.01. The molecule has 1 saturated heterocycles. The van der Waals surface area contributed by atoms with Crippen LogP contribution in [0.4, 0.5) is 0 Å². The predicted molar refractivity (Wildman–Crippen MR) is 38.5 cm³/mol. The first-order chi connectivity index (χ1) is 4.64. The zero-order valence-electron chi connectivity index (χ0n) is 5.78. The molecule has 0 aromatic carbocycles. The molecule has 0 spiro atoms. The van der Waals surface area contributed by atoms with E-state index >= 15 is 0 Å². The van der Waals surface area contributed by atoms with Crippen LogP contribution in [-0.2, 0) is 9.84 Å². The third kappa shape index (κ3) is 1.95. The monoisotopic (exact) mass is 164 g/mol. The lowest BCUT2D eigenvalue weighted by Gasteiger charge is -2.01. The van der Waals surface area contributed by atoms with Gasteiger partial charge in [0.25, 0.3) is 0 Å². The van der Waals surface area contributed by atoms with E-state index in [2.05, 4.69) is 0 Å². The summed E-state index contributed by atoms with van der Waals surface area (Å²) in [6.07, 6.45) is 1.38. The van der Waals surface area contributed by atoms with Gasteiger partial charge in [-0.2, -0.15) is 0 Å².